The number of carbonyl (C=O) groups is 1. The SMILES string of the molecule is [CH2-]NC(=O)c1n[n-]c2c1CCc1sc(C)cc1-2.[W].[W].[W].[Y]. The number of aromatic nitrogens is 2. The molecule has 1 amide bonds. The van der Waals surface area contributed by atoms with Crippen molar-refractivity contribution >= 4 is 17.2 Å². The molecule has 0 spiro atoms. The van der Waals surface area contributed by atoms with Gasteiger partial charge in [-0.05, 0) is 37.0 Å². The third-order valence-electron chi connectivity index (χ3n) is 2.99. The molecule has 9 heteroatoms. The van der Waals surface area contributed by atoms with Gasteiger partial charge >= 0.3 is 0 Å². The summed E-state index contributed by atoms with van der Waals surface area (Å²) in [4.78, 5) is 14.2. The van der Waals surface area contributed by atoms with Crippen molar-refractivity contribution in [1.82, 2.24) is 15.5 Å². The zero-order valence-electron chi connectivity index (χ0n) is 11.2. The van der Waals surface area contributed by atoms with Crippen LogP contribution in [0.2, 0.25) is 0 Å². The Morgan fingerprint density at radius 1 is 1.38 bits per heavy atom. The van der Waals surface area contributed by atoms with E-state index in [1.807, 2.05) is 0 Å². The third kappa shape index (κ3) is 4.77. The Balaban J connectivity index is 0. The number of nitrogens with one attached hydrogen (secondary N) is 1. The zero-order valence-corrected chi connectivity index (χ0v) is 23.7. The van der Waals surface area contributed by atoms with Crippen LogP contribution in [0.1, 0.15) is 25.8 Å². The number of carbonyl (C=O) groups excluding carboxylic acids is 1. The molecule has 1 aliphatic carbocycles. The summed E-state index contributed by atoms with van der Waals surface area (Å²) in [5.74, 6) is -0.255. The van der Waals surface area contributed by atoms with Gasteiger partial charge in [-0.15, -0.1) is 17.0 Å². The second kappa shape index (κ2) is 10.4. The minimum atomic E-state index is -0.255. The molecule has 0 saturated heterocycles. The number of hydrogen-bond donors (Lipinski definition) is 1. The predicted molar refractivity (Wildman–Crippen MR) is 65.8 cm³/mol. The van der Waals surface area contributed by atoms with Crippen molar-refractivity contribution in [3.63, 3.8) is 0 Å². The fourth-order valence-corrected chi connectivity index (χ4v) is 3.27. The van der Waals surface area contributed by atoms with Crippen molar-refractivity contribution in [3.05, 3.63) is 34.1 Å². The van der Waals surface area contributed by atoms with Crippen LogP contribution in [-0.4, -0.2) is 11.0 Å². The summed E-state index contributed by atoms with van der Waals surface area (Å²) < 4.78 is 0. The summed E-state index contributed by atoms with van der Waals surface area (Å²) >= 11 is 1.80. The van der Waals surface area contributed by atoms with Crippen LogP contribution in [0.4, 0.5) is 0 Å². The number of thiophene rings is 1. The summed E-state index contributed by atoms with van der Waals surface area (Å²) in [6.45, 7) is 2.09. The van der Waals surface area contributed by atoms with Gasteiger partial charge in [0.1, 0.15) is 5.69 Å². The van der Waals surface area contributed by atoms with E-state index in [2.05, 4.69) is 35.6 Å². The van der Waals surface area contributed by atoms with Gasteiger partial charge in [-0.25, -0.2) is 0 Å². The second-order valence-electron chi connectivity index (χ2n) is 4.08. The summed E-state index contributed by atoms with van der Waals surface area (Å²) in [5, 5.41) is 10.5. The Morgan fingerprint density at radius 2 is 2.05 bits per heavy atom. The minimum absolute atomic E-state index is 0. The van der Waals surface area contributed by atoms with E-state index in [-0.39, 0.29) is 102 Å². The van der Waals surface area contributed by atoms with Crippen molar-refractivity contribution in [3.8, 4) is 11.3 Å². The molecule has 1 radical (unpaired) electrons. The molecule has 2 aromatic heterocycles. The van der Waals surface area contributed by atoms with Crippen LogP contribution in [0.5, 0.6) is 0 Å². The fourth-order valence-electron chi connectivity index (χ4n) is 2.24. The first-order chi connectivity index (χ1) is 8.20. The van der Waals surface area contributed by atoms with Gasteiger partial charge in [-0.1, -0.05) is 0 Å². The first-order valence-electron chi connectivity index (χ1n) is 5.40. The van der Waals surface area contributed by atoms with Crippen LogP contribution in [0.25, 0.3) is 11.3 Å². The van der Waals surface area contributed by atoms with Crippen molar-refractivity contribution in [2.75, 3.05) is 0 Å². The average Bonchev–Trinajstić information content (AvgIpc) is 2.89. The molecule has 0 aromatic carbocycles. The van der Waals surface area contributed by atoms with Crippen molar-refractivity contribution in [1.29, 1.82) is 0 Å². The largest absolute Gasteiger partial charge is 0.574 e. The molecule has 1 aliphatic rings. The molecular weight excluding hydrogens is 875 g/mol. The van der Waals surface area contributed by atoms with Crippen LogP contribution in [0.15, 0.2) is 6.07 Å². The maximum absolute atomic E-state index is 11.6. The van der Waals surface area contributed by atoms with Gasteiger partial charge in [-0.2, -0.15) is 0 Å². The van der Waals surface area contributed by atoms with Crippen molar-refractivity contribution < 1.29 is 101 Å². The summed E-state index contributed by atoms with van der Waals surface area (Å²) in [6.07, 6.45) is 1.80. The second-order valence-corrected chi connectivity index (χ2v) is 5.42. The Labute approximate surface area is 196 Å². The summed E-state index contributed by atoms with van der Waals surface area (Å²) in [5.41, 5.74) is 3.39. The molecule has 1 N–H and O–H groups in total. The Bertz CT molecular complexity index is 615. The van der Waals surface area contributed by atoms with E-state index < -0.39 is 0 Å². The molecule has 0 unspecified atom stereocenters. The van der Waals surface area contributed by atoms with E-state index in [4.69, 9.17) is 0 Å². The number of aryl methyl sites for hydroxylation is 2. The van der Waals surface area contributed by atoms with Crippen LogP contribution in [0.3, 0.4) is 0 Å². The Morgan fingerprint density at radius 3 is 2.67 bits per heavy atom. The molecule has 4 nitrogen and oxygen atoms in total. The summed E-state index contributed by atoms with van der Waals surface area (Å²) in [7, 11) is 3.37. The molecule has 0 bridgehead atoms. The minimum Gasteiger partial charge on any atom is -0.574 e. The number of rotatable bonds is 1. The average molecular weight is 886 g/mol. The van der Waals surface area contributed by atoms with Gasteiger partial charge in [0.25, 0.3) is 0 Å². The van der Waals surface area contributed by atoms with Crippen molar-refractivity contribution in [2.24, 2.45) is 0 Å². The molecule has 0 aliphatic heterocycles. The van der Waals surface area contributed by atoms with Gasteiger partial charge in [-0.3, -0.25) is 11.8 Å². The maximum atomic E-state index is 11.6. The first-order valence-corrected chi connectivity index (χ1v) is 6.21. The molecule has 0 saturated carbocycles. The van der Waals surface area contributed by atoms with E-state index in [0.717, 1.165) is 29.7 Å². The molecular formula is C12H11N3OSW3Y-2. The number of nitrogens with zero attached hydrogens (tertiary/aromatic N) is 2. The molecule has 2 aromatic rings. The molecule has 3 rings (SSSR count). The smallest absolute Gasteiger partial charge is 0.239 e. The normalized spacial score (nSPS) is 10.6. The van der Waals surface area contributed by atoms with E-state index in [1.54, 1.807) is 11.3 Å². The first kappa shape index (κ1) is 24.8. The topological polar surface area (TPSA) is 56.1 Å². The Kier molecular flexibility index (Phi) is 12.3. The van der Waals surface area contributed by atoms with Gasteiger partial charge < -0.3 is 15.5 Å². The van der Waals surface area contributed by atoms with Gasteiger partial charge in [0.15, 0.2) is 0 Å². The van der Waals surface area contributed by atoms with E-state index in [0.29, 0.717) is 5.69 Å². The maximum Gasteiger partial charge on any atom is 0.239 e. The molecule has 109 valence electrons. The van der Waals surface area contributed by atoms with E-state index in [1.165, 1.54) is 9.75 Å². The predicted octanol–water partition coefficient (Wildman–Crippen LogP) is 1.69. The number of hydrogen-bond acceptors (Lipinski definition) is 3. The fraction of sp³-hybridized carbons (Fsp3) is 0.250. The summed E-state index contributed by atoms with van der Waals surface area (Å²) in [6, 6.07) is 2.12. The quantitative estimate of drug-likeness (QED) is 0.445. The Hall–Kier alpha value is 1.55. The molecule has 0 fully saturated rings. The third-order valence-corrected chi connectivity index (χ3v) is 4.10. The van der Waals surface area contributed by atoms with Crippen LogP contribution in [-0.2, 0) is 109 Å². The van der Waals surface area contributed by atoms with Crippen LogP contribution >= 0.6 is 11.3 Å². The van der Waals surface area contributed by atoms with Crippen LogP contribution < -0.4 is 10.4 Å². The van der Waals surface area contributed by atoms with Crippen LogP contribution in [0, 0.1) is 14.0 Å². The number of fused-ring (bicyclic) bond motifs is 3. The number of amides is 1. The molecule has 2 heterocycles. The molecule has 21 heavy (non-hydrogen) atoms. The van der Waals surface area contributed by atoms with Gasteiger partial charge in [0, 0.05) is 106 Å². The standard InChI is InChI=1S/C12H12N3OS.3W.Y/c1-6-5-8-9(17-6)4-3-7-10(8)14-15-11(7)12(16)13-2;;;;/h5H,2-4H2,1H3,(H2,13,14,15,16);;;;/q-1;;;;/p-1. The van der Waals surface area contributed by atoms with E-state index >= 15 is 0 Å². The monoisotopic (exact) mass is 886 g/mol. The van der Waals surface area contributed by atoms with Gasteiger partial charge in [0.2, 0.25) is 5.91 Å². The molecule has 0 atom stereocenters. The van der Waals surface area contributed by atoms with E-state index in [9.17, 15) is 4.79 Å². The zero-order chi connectivity index (χ0) is 12.0. The van der Waals surface area contributed by atoms with Crippen molar-refractivity contribution in [2.45, 2.75) is 19.8 Å². The van der Waals surface area contributed by atoms with Gasteiger partial charge in [0.05, 0.1) is 0 Å².